The maximum atomic E-state index is 13.5. The molecule has 1 heterocycles. The van der Waals surface area contributed by atoms with Crippen LogP contribution >= 0.6 is 11.6 Å². The van der Waals surface area contributed by atoms with Crippen LogP contribution in [0.15, 0.2) is 41.3 Å². The molecule has 0 N–H and O–H groups in total. The zero-order valence-electron chi connectivity index (χ0n) is 9.28. The summed E-state index contributed by atoms with van der Waals surface area (Å²) in [6.07, 6.45) is 1.64. The van der Waals surface area contributed by atoms with E-state index in [1.54, 1.807) is 24.4 Å². The van der Waals surface area contributed by atoms with E-state index in [9.17, 15) is 9.18 Å². The molecule has 0 bridgehead atoms. The maximum Gasteiger partial charge on any atom is 0.251 e. The first-order valence-electron chi connectivity index (χ1n) is 5.18. The molecule has 0 saturated carbocycles. The van der Waals surface area contributed by atoms with E-state index in [-0.39, 0.29) is 12.1 Å². The Hall–Kier alpha value is -1.61. The minimum absolute atomic E-state index is 0.143. The Morgan fingerprint density at radius 2 is 2.12 bits per heavy atom. The van der Waals surface area contributed by atoms with Gasteiger partial charge in [0.15, 0.2) is 0 Å². The lowest BCUT2D eigenvalue weighted by atomic mass is 10.2. The molecule has 4 heteroatoms. The zero-order valence-corrected chi connectivity index (χ0v) is 10.0. The van der Waals surface area contributed by atoms with Crippen LogP contribution in [0.25, 0.3) is 0 Å². The standard InChI is InChI=1S/C13H11ClFNO/c1-9-5-6-16(13(17)7-9)8-10-11(14)3-2-4-12(10)15/h2-7H,8H2,1H3. The van der Waals surface area contributed by atoms with Crippen LogP contribution in [0, 0.1) is 12.7 Å². The number of pyridine rings is 1. The van der Waals surface area contributed by atoms with Crippen molar-refractivity contribution in [3.63, 3.8) is 0 Å². The molecule has 0 aliphatic carbocycles. The summed E-state index contributed by atoms with van der Waals surface area (Å²) in [7, 11) is 0. The fourth-order valence-electron chi connectivity index (χ4n) is 1.59. The summed E-state index contributed by atoms with van der Waals surface area (Å²) in [5.41, 5.74) is 1.05. The molecule has 0 aliphatic heterocycles. The zero-order chi connectivity index (χ0) is 12.4. The molecule has 1 aromatic carbocycles. The number of benzene rings is 1. The Bertz CT molecular complexity index is 586. The van der Waals surface area contributed by atoms with Gasteiger partial charge >= 0.3 is 0 Å². The molecular weight excluding hydrogens is 241 g/mol. The van der Waals surface area contributed by atoms with Crippen LogP contribution in [0.1, 0.15) is 11.1 Å². The van der Waals surface area contributed by atoms with Gasteiger partial charge in [-0.15, -0.1) is 0 Å². The molecule has 0 aliphatic rings. The second kappa shape index (κ2) is 4.72. The summed E-state index contributed by atoms with van der Waals surface area (Å²) in [5.74, 6) is -0.398. The Balaban J connectivity index is 2.42. The van der Waals surface area contributed by atoms with Gasteiger partial charge in [-0.3, -0.25) is 4.79 Å². The van der Waals surface area contributed by atoms with Crippen molar-refractivity contribution in [2.75, 3.05) is 0 Å². The van der Waals surface area contributed by atoms with Gasteiger partial charge < -0.3 is 4.57 Å². The summed E-state index contributed by atoms with van der Waals surface area (Å²) < 4.78 is 15.0. The minimum Gasteiger partial charge on any atom is -0.311 e. The summed E-state index contributed by atoms with van der Waals surface area (Å²) in [6, 6.07) is 7.80. The average Bonchev–Trinajstić information content (AvgIpc) is 2.26. The highest BCUT2D eigenvalue weighted by atomic mass is 35.5. The molecule has 88 valence electrons. The molecule has 2 rings (SSSR count). The molecule has 0 unspecified atom stereocenters. The van der Waals surface area contributed by atoms with Crippen molar-refractivity contribution >= 4 is 11.6 Å². The summed E-state index contributed by atoms with van der Waals surface area (Å²) >= 11 is 5.91. The lowest BCUT2D eigenvalue weighted by Gasteiger charge is -2.08. The monoisotopic (exact) mass is 251 g/mol. The highest BCUT2D eigenvalue weighted by Gasteiger charge is 2.08. The van der Waals surface area contributed by atoms with Gasteiger partial charge in [-0.1, -0.05) is 17.7 Å². The third-order valence-electron chi connectivity index (χ3n) is 2.54. The molecule has 2 aromatic rings. The van der Waals surface area contributed by atoms with Crippen LogP contribution in [0.2, 0.25) is 5.02 Å². The van der Waals surface area contributed by atoms with Crippen LogP contribution in [0.4, 0.5) is 4.39 Å². The number of aryl methyl sites for hydroxylation is 1. The van der Waals surface area contributed by atoms with Crippen LogP contribution in [0.3, 0.4) is 0 Å². The van der Waals surface area contributed by atoms with E-state index in [0.717, 1.165) is 5.56 Å². The third kappa shape index (κ3) is 2.56. The first-order valence-corrected chi connectivity index (χ1v) is 5.56. The smallest absolute Gasteiger partial charge is 0.251 e. The van der Waals surface area contributed by atoms with E-state index in [4.69, 9.17) is 11.6 Å². The molecule has 0 amide bonds. The number of hydrogen-bond donors (Lipinski definition) is 0. The number of halogens is 2. The SMILES string of the molecule is Cc1ccn(Cc2c(F)cccc2Cl)c(=O)c1. The van der Waals surface area contributed by atoms with Crippen LogP contribution in [0.5, 0.6) is 0 Å². The Morgan fingerprint density at radius 1 is 1.35 bits per heavy atom. The van der Waals surface area contributed by atoms with Crippen molar-refractivity contribution in [1.82, 2.24) is 4.57 Å². The van der Waals surface area contributed by atoms with Gasteiger partial charge in [0.2, 0.25) is 0 Å². The van der Waals surface area contributed by atoms with Gasteiger partial charge in [0.1, 0.15) is 5.82 Å². The van der Waals surface area contributed by atoms with Gasteiger partial charge in [0, 0.05) is 22.8 Å². The van der Waals surface area contributed by atoms with E-state index in [1.807, 2.05) is 6.92 Å². The highest BCUT2D eigenvalue weighted by molar-refractivity contribution is 6.31. The number of aromatic nitrogens is 1. The molecule has 0 radical (unpaired) electrons. The molecule has 0 fully saturated rings. The van der Waals surface area contributed by atoms with Crippen molar-refractivity contribution in [3.8, 4) is 0 Å². The molecule has 1 aromatic heterocycles. The highest BCUT2D eigenvalue weighted by Crippen LogP contribution is 2.19. The van der Waals surface area contributed by atoms with Crippen LogP contribution in [-0.4, -0.2) is 4.57 Å². The van der Waals surface area contributed by atoms with E-state index in [0.29, 0.717) is 10.6 Å². The Labute approximate surface area is 103 Å². The molecule has 0 saturated heterocycles. The first kappa shape index (κ1) is 11.9. The summed E-state index contributed by atoms with van der Waals surface area (Å²) in [4.78, 5) is 11.7. The lowest BCUT2D eigenvalue weighted by molar-refractivity contribution is 0.596. The van der Waals surface area contributed by atoms with E-state index in [1.165, 1.54) is 16.7 Å². The fraction of sp³-hybridized carbons (Fsp3) is 0.154. The van der Waals surface area contributed by atoms with Gasteiger partial charge in [-0.25, -0.2) is 4.39 Å². The van der Waals surface area contributed by atoms with Gasteiger partial charge in [0.05, 0.1) is 6.54 Å². The maximum absolute atomic E-state index is 13.5. The molecule has 17 heavy (non-hydrogen) atoms. The van der Waals surface area contributed by atoms with Crippen molar-refractivity contribution < 1.29 is 4.39 Å². The van der Waals surface area contributed by atoms with Crippen molar-refractivity contribution in [1.29, 1.82) is 0 Å². The molecule has 2 nitrogen and oxygen atoms in total. The van der Waals surface area contributed by atoms with Crippen molar-refractivity contribution in [3.05, 3.63) is 68.8 Å². The fourth-order valence-corrected chi connectivity index (χ4v) is 1.81. The second-order valence-corrected chi connectivity index (χ2v) is 4.28. The van der Waals surface area contributed by atoms with E-state index < -0.39 is 5.82 Å². The minimum atomic E-state index is -0.398. The van der Waals surface area contributed by atoms with Crippen LogP contribution < -0.4 is 5.56 Å². The second-order valence-electron chi connectivity index (χ2n) is 3.87. The Kier molecular flexibility index (Phi) is 3.29. The summed E-state index contributed by atoms with van der Waals surface area (Å²) in [6.45, 7) is 1.98. The van der Waals surface area contributed by atoms with E-state index >= 15 is 0 Å². The van der Waals surface area contributed by atoms with Crippen molar-refractivity contribution in [2.45, 2.75) is 13.5 Å². The van der Waals surface area contributed by atoms with E-state index in [2.05, 4.69) is 0 Å². The third-order valence-corrected chi connectivity index (χ3v) is 2.90. The normalized spacial score (nSPS) is 10.5. The van der Waals surface area contributed by atoms with Crippen molar-refractivity contribution in [2.24, 2.45) is 0 Å². The number of nitrogens with zero attached hydrogens (tertiary/aromatic N) is 1. The first-order chi connectivity index (χ1) is 8.08. The predicted octanol–water partition coefficient (Wildman–Crippen LogP) is 3.00. The quantitative estimate of drug-likeness (QED) is 0.804. The van der Waals surface area contributed by atoms with Gasteiger partial charge in [-0.2, -0.15) is 0 Å². The Morgan fingerprint density at radius 3 is 2.76 bits per heavy atom. The molecular formula is C13H11ClFNO. The average molecular weight is 252 g/mol. The summed E-state index contributed by atoms with van der Waals surface area (Å²) in [5, 5.41) is 0.331. The van der Waals surface area contributed by atoms with Gasteiger partial charge in [0.25, 0.3) is 5.56 Å². The lowest BCUT2D eigenvalue weighted by Crippen LogP contribution is -2.20. The number of rotatable bonds is 2. The molecule has 0 atom stereocenters. The largest absolute Gasteiger partial charge is 0.311 e. The van der Waals surface area contributed by atoms with Crippen LogP contribution in [-0.2, 0) is 6.54 Å². The van der Waals surface area contributed by atoms with Gasteiger partial charge in [-0.05, 0) is 30.7 Å². The number of hydrogen-bond acceptors (Lipinski definition) is 1. The topological polar surface area (TPSA) is 22.0 Å². The predicted molar refractivity (Wildman–Crippen MR) is 66.0 cm³/mol. The molecule has 0 spiro atoms.